The molecule has 0 aliphatic carbocycles. The van der Waals surface area contributed by atoms with E-state index in [1.165, 1.54) is 0 Å². The summed E-state index contributed by atoms with van der Waals surface area (Å²) in [7, 11) is 0. The number of unbranched alkanes of at least 4 members (excludes halogenated alkanes) is 2. The lowest BCUT2D eigenvalue weighted by atomic mass is 10.1. The Morgan fingerprint density at radius 3 is 1.97 bits per heavy atom. The van der Waals surface area contributed by atoms with Crippen LogP contribution in [-0.2, 0) is 23.8 Å². The minimum absolute atomic E-state index is 0.209. The zero-order valence-corrected chi connectivity index (χ0v) is 17.2. The number of esters is 2. The lowest BCUT2D eigenvalue weighted by Gasteiger charge is -2.32. The first-order chi connectivity index (χ1) is 13.5. The van der Waals surface area contributed by atoms with Gasteiger partial charge in [-0.2, -0.15) is 30.7 Å². The lowest BCUT2D eigenvalue weighted by molar-refractivity contribution is -0.354. The van der Waals surface area contributed by atoms with Crippen molar-refractivity contribution in [2.24, 2.45) is 0 Å². The van der Waals surface area contributed by atoms with E-state index in [0.717, 1.165) is 6.92 Å². The molecule has 0 saturated carbocycles. The summed E-state index contributed by atoms with van der Waals surface area (Å²) in [4.78, 5) is 23.8. The van der Waals surface area contributed by atoms with Gasteiger partial charge in [0.15, 0.2) is 0 Å². The third kappa shape index (κ3) is 7.97. The monoisotopic (exact) mass is 472 g/mol. The van der Waals surface area contributed by atoms with Crippen LogP contribution in [0, 0.1) is 0 Å². The second-order valence-corrected chi connectivity index (χ2v) is 6.89. The molecule has 0 bridgehead atoms. The molecule has 0 aliphatic rings. The molecule has 0 heterocycles. The highest BCUT2D eigenvalue weighted by Crippen LogP contribution is 2.41. The summed E-state index contributed by atoms with van der Waals surface area (Å²) < 4.78 is 106. The molecule has 0 saturated heterocycles. The first-order valence-electron chi connectivity index (χ1n) is 8.76. The number of carbonyl (C=O) groups is 2. The fourth-order valence-corrected chi connectivity index (χ4v) is 1.93. The van der Waals surface area contributed by atoms with E-state index in [2.05, 4.69) is 33.4 Å². The van der Waals surface area contributed by atoms with Gasteiger partial charge in [0.05, 0.1) is 13.2 Å². The number of alkyl halides is 7. The van der Waals surface area contributed by atoms with Crippen LogP contribution in [0.4, 0.5) is 30.7 Å². The van der Waals surface area contributed by atoms with Crippen molar-refractivity contribution in [3.63, 3.8) is 0 Å². The predicted octanol–water partition coefficient (Wildman–Crippen LogP) is 5.05. The maximum absolute atomic E-state index is 13.7. The summed E-state index contributed by atoms with van der Waals surface area (Å²) in [5, 5.41) is -4.62. The topological polar surface area (TPSA) is 61.8 Å². The number of hydrogen-bond acceptors (Lipinski definition) is 6. The summed E-state index contributed by atoms with van der Waals surface area (Å²) >= 11 is 2.48. The van der Waals surface area contributed by atoms with E-state index in [0.29, 0.717) is 6.42 Å². The molecule has 0 aromatic heterocycles. The maximum Gasteiger partial charge on any atom is 0.468 e. The van der Waals surface area contributed by atoms with Crippen molar-refractivity contribution in [1.29, 1.82) is 0 Å². The fourth-order valence-electron chi connectivity index (χ4n) is 1.82. The van der Waals surface area contributed by atoms with E-state index in [-0.39, 0.29) is 6.42 Å². The molecule has 13 heteroatoms. The Kier molecular flexibility index (Phi) is 10.7. The molecule has 176 valence electrons. The van der Waals surface area contributed by atoms with Gasteiger partial charge >= 0.3 is 35.1 Å². The minimum atomic E-state index is -5.59. The molecule has 0 fully saturated rings. The van der Waals surface area contributed by atoms with Crippen molar-refractivity contribution in [2.45, 2.75) is 69.1 Å². The Balaban J connectivity index is 5.39. The Hall–Kier alpha value is -1.50. The van der Waals surface area contributed by atoms with Gasteiger partial charge in [0.1, 0.15) is 0 Å². The zero-order valence-electron chi connectivity index (χ0n) is 16.3. The minimum Gasteiger partial charge on any atom is -0.461 e. The highest BCUT2D eigenvalue weighted by molar-refractivity contribution is 7.81. The third-order valence-corrected chi connectivity index (χ3v) is 3.92. The van der Waals surface area contributed by atoms with Crippen LogP contribution in [0.3, 0.4) is 0 Å². The van der Waals surface area contributed by atoms with E-state index in [1.807, 2.05) is 0 Å². The van der Waals surface area contributed by atoms with Crippen LogP contribution in [0.25, 0.3) is 0 Å². The number of halogens is 7. The molecular formula is C17H23F7O5S. The molecule has 0 amide bonds. The highest BCUT2D eigenvalue weighted by Gasteiger charge is 2.67. The predicted molar refractivity (Wildman–Crippen MR) is 94.2 cm³/mol. The van der Waals surface area contributed by atoms with Gasteiger partial charge in [-0.05, 0) is 26.2 Å². The van der Waals surface area contributed by atoms with Crippen molar-refractivity contribution in [2.75, 3.05) is 13.2 Å². The Morgan fingerprint density at radius 1 is 0.967 bits per heavy atom. The van der Waals surface area contributed by atoms with E-state index < -0.39 is 73.1 Å². The van der Waals surface area contributed by atoms with E-state index in [4.69, 9.17) is 0 Å². The number of rotatable bonds is 13. The first-order valence-corrected chi connectivity index (χ1v) is 9.21. The van der Waals surface area contributed by atoms with E-state index in [9.17, 15) is 40.3 Å². The Labute approximate surface area is 174 Å². The number of thiol groups is 1. The highest BCUT2D eigenvalue weighted by atomic mass is 32.1. The van der Waals surface area contributed by atoms with Crippen LogP contribution in [0.1, 0.15) is 46.0 Å². The van der Waals surface area contributed by atoms with Crippen LogP contribution >= 0.6 is 12.6 Å². The smallest absolute Gasteiger partial charge is 0.461 e. The van der Waals surface area contributed by atoms with Gasteiger partial charge < -0.3 is 14.2 Å². The molecule has 0 spiro atoms. The van der Waals surface area contributed by atoms with Crippen LogP contribution in [0.15, 0.2) is 12.2 Å². The molecule has 0 aromatic rings. The van der Waals surface area contributed by atoms with Gasteiger partial charge in [-0.1, -0.05) is 32.6 Å². The molecule has 0 radical (unpaired) electrons. The van der Waals surface area contributed by atoms with Gasteiger partial charge in [-0.3, -0.25) is 0 Å². The van der Waals surface area contributed by atoms with E-state index in [1.54, 1.807) is 6.92 Å². The summed E-state index contributed by atoms with van der Waals surface area (Å²) in [6, 6.07) is 0. The molecule has 0 aromatic carbocycles. The summed E-state index contributed by atoms with van der Waals surface area (Å²) in [5.74, 6) is -12.3. The van der Waals surface area contributed by atoms with Gasteiger partial charge in [0.2, 0.25) is 0 Å². The summed E-state index contributed by atoms with van der Waals surface area (Å²) in [5.41, 5.74) is -0.482. The SMILES string of the molecule is C=C(C)C(=O)OC(OCCCCC(F)(F)C(F)(F)S)(C(=O)OCCCC)C(F)(F)F. The quantitative estimate of drug-likeness (QED) is 0.102. The third-order valence-electron chi connectivity index (χ3n) is 3.59. The number of hydrogen-bond donors (Lipinski definition) is 1. The van der Waals surface area contributed by atoms with Gasteiger partial charge in [0, 0.05) is 12.0 Å². The maximum atomic E-state index is 13.7. The molecule has 1 unspecified atom stereocenters. The van der Waals surface area contributed by atoms with Crippen LogP contribution in [0.2, 0.25) is 0 Å². The van der Waals surface area contributed by atoms with Crippen molar-refractivity contribution in [3.05, 3.63) is 12.2 Å². The second-order valence-electron chi connectivity index (χ2n) is 6.32. The number of carbonyl (C=O) groups excluding carboxylic acids is 2. The second kappa shape index (κ2) is 11.2. The van der Waals surface area contributed by atoms with Crippen LogP contribution in [0.5, 0.6) is 0 Å². The molecule has 30 heavy (non-hydrogen) atoms. The van der Waals surface area contributed by atoms with Crippen molar-refractivity contribution in [3.8, 4) is 0 Å². The summed E-state index contributed by atoms with van der Waals surface area (Å²) in [6.07, 6.45) is -7.60. The first kappa shape index (κ1) is 28.5. The lowest BCUT2D eigenvalue weighted by Crippen LogP contribution is -2.58. The van der Waals surface area contributed by atoms with Crippen molar-refractivity contribution >= 4 is 24.6 Å². The van der Waals surface area contributed by atoms with Gasteiger partial charge in [-0.25, -0.2) is 9.59 Å². The average Bonchev–Trinajstić information content (AvgIpc) is 2.57. The standard InChI is InChI=1S/C17H23F7O5S/c1-4-5-9-27-13(26)15(16(20,21)22,29-12(25)11(2)3)28-10-7-6-8-14(18,19)17(23,24)30/h30H,2,4-10H2,1,3H3. The Bertz CT molecular complexity index is 604. The molecular weight excluding hydrogens is 449 g/mol. The fraction of sp³-hybridized carbons (Fsp3) is 0.765. The van der Waals surface area contributed by atoms with Crippen molar-refractivity contribution < 1.29 is 54.5 Å². The molecule has 0 aliphatic heterocycles. The largest absolute Gasteiger partial charge is 0.468 e. The molecule has 0 rings (SSSR count). The van der Waals surface area contributed by atoms with Gasteiger partial charge in [0.25, 0.3) is 0 Å². The van der Waals surface area contributed by atoms with E-state index >= 15 is 0 Å². The molecule has 5 nitrogen and oxygen atoms in total. The summed E-state index contributed by atoms with van der Waals surface area (Å²) in [6.45, 7) is 4.34. The normalized spacial score (nSPS) is 14.7. The van der Waals surface area contributed by atoms with Crippen LogP contribution in [-0.4, -0.2) is 48.3 Å². The Morgan fingerprint density at radius 2 is 1.53 bits per heavy atom. The molecule has 0 N–H and O–H groups in total. The van der Waals surface area contributed by atoms with Crippen LogP contribution < -0.4 is 0 Å². The van der Waals surface area contributed by atoms with Gasteiger partial charge in [-0.15, -0.1) is 0 Å². The zero-order chi connectivity index (χ0) is 23.8. The molecule has 1 atom stereocenters. The average molecular weight is 472 g/mol. The van der Waals surface area contributed by atoms with Crippen molar-refractivity contribution in [1.82, 2.24) is 0 Å². The number of ether oxygens (including phenoxy) is 3.